The summed E-state index contributed by atoms with van der Waals surface area (Å²) in [5.41, 5.74) is 3.14. The summed E-state index contributed by atoms with van der Waals surface area (Å²) in [7, 11) is 1.86. The van der Waals surface area contributed by atoms with Gasteiger partial charge in [0.25, 0.3) is 0 Å². The molecule has 1 aliphatic rings. The molecule has 0 radical (unpaired) electrons. The number of nitrogens with one attached hydrogen (secondary N) is 1. The molecule has 1 atom stereocenters. The minimum atomic E-state index is -0.0771. The van der Waals surface area contributed by atoms with E-state index in [9.17, 15) is 4.79 Å². The van der Waals surface area contributed by atoms with Gasteiger partial charge >= 0.3 is 6.03 Å². The first-order chi connectivity index (χ1) is 12.5. The Morgan fingerprint density at radius 2 is 2.08 bits per heavy atom. The zero-order chi connectivity index (χ0) is 18.5. The van der Waals surface area contributed by atoms with Crippen LogP contribution in [-0.2, 0) is 4.74 Å². The van der Waals surface area contributed by atoms with Crippen molar-refractivity contribution < 1.29 is 9.53 Å². The summed E-state index contributed by atoms with van der Waals surface area (Å²) in [6.45, 7) is 8.02. The number of carbonyl (C=O) groups is 1. The standard InChI is InChI=1S/C20H27N3O2S/c1-15-6-7-17(16(2)13-15)21-20(24)22(3)14-18(19-5-4-12-26-19)23-8-10-25-11-9-23/h4-7,12-13,18H,8-11,14H2,1-3H3,(H,21,24)/t18-/m1/s1. The molecule has 1 aromatic carbocycles. The third-order valence-electron chi connectivity index (χ3n) is 4.78. The molecule has 5 nitrogen and oxygen atoms in total. The fraction of sp³-hybridized carbons (Fsp3) is 0.450. The van der Waals surface area contributed by atoms with E-state index in [4.69, 9.17) is 4.74 Å². The van der Waals surface area contributed by atoms with Gasteiger partial charge in [-0.2, -0.15) is 0 Å². The highest BCUT2D eigenvalue weighted by Crippen LogP contribution is 2.27. The molecule has 1 fully saturated rings. The molecule has 1 saturated heterocycles. The highest BCUT2D eigenvalue weighted by Gasteiger charge is 2.26. The number of aryl methyl sites for hydroxylation is 2. The number of benzene rings is 1. The quantitative estimate of drug-likeness (QED) is 0.864. The van der Waals surface area contributed by atoms with Crippen LogP contribution in [0.25, 0.3) is 0 Å². The smallest absolute Gasteiger partial charge is 0.321 e. The van der Waals surface area contributed by atoms with Gasteiger partial charge in [-0.15, -0.1) is 11.3 Å². The van der Waals surface area contributed by atoms with E-state index in [1.807, 2.05) is 26.1 Å². The summed E-state index contributed by atoms with van der Waals surface area (Å²) >= 11 is 1.75. The van der Waals surface area contributed by atoms with E-state index in [1.165, 1.54) is 10.4 Å². The normalized spacial score (nSPS) is 16.3. The lowest BCUT2D eigenvalue weighted by Gasteiger charge is -2.36. The van der Waals surface area contributed by atoms with E-state index in [0.717, 1.165) is 37.6 Å². The molecule has 6 heteroatoms. The number of hydrogen-bond donors (Lipinski definition) is 1. The molecule has 0 aliphatic carbocycles. The van der Waals surface area contributed by atoms with Crippen molar-refractivity contribution in [2.45, 2.75) is 19.9 Å². The Kier molecular flexibility index (Phi) is 6.29. The Bertz CT molecular complexity index is 727. The molecule has 1 aromatic heterocycles. The Morgan fingerprint density at radius 3 is 2.73 bits per heavy atom. The van der Waals surface area contributed by atoms with Gasteiger partial charge in [0.15, 0.2) is 0 Å². The molecule has 3 rings (SSSR count). The van der Waals surface area contributed by atoms with Crippen LogP contribution >= 0.6 is 11.3 Å². The number of carbonyl (C=O) groups excluding carboxylic acids is 1. The number of rotatable bonds is 5. The number of hydrogen-bond acceptors (Lipinski definition) is 4. The molecule has 2 amide bonds. The van der Waals surface area contributed by atoms with Crippen molar-refractivity contribution in [3.8, 4) is 0 Å². The predicted octanol–water partition coefficient (Wildman–Crippen LogP) is 3.90. The van der Waals surface area contributed by atoms with Gasteiger partial charge in [-0.05, 0) is 36.9 Å². The minimum Gasteiger partial charge on any atom is -0.379 e. The largest absolute Gasteiger partial charge is 0.379 e. The molecular formula is C20H27N3O2S. The summed E-state index contributed by atoms with van der Waals surface area (Å²) in [5.74, 6) is 0. The van der Waals surface area contributed by atoms with Crippen LogP contribution in [0.15, 0.2) is 35.7 Å². The molecular weight excluding hydrogens is 346 g/mol. The second kappa shape index (κ2) is 8.66. The second-order valence-electron chi connectivity index (χ2n) is 6.81. The van der Waals surface area contributed by atoms with Crippen molar-refractivity contribution >= 4 is 23.1 Å². The highest BCUT2D eigenvalue weighted by atomic mass is 32.1. The van der Waals surface area contributed by atoms with Crippen LogP contribution in [0.1, 0.15) is 22.0 Å². The van der Waals surface area contributed by atoms with Gasteiger partial charge in [-0.3, -0.25) is 4.90 Å². The van der Waals surface area contributed by atoms with Crippen molar-refractivity contribution in [1.82, 2.24) is 9.80 Å². The lowest BCUT2D eigenvalue weighted by molar-refractivity contribution is 0.0125. The zero-order valence-corrected chi connectivity index (χ0v) is 16.5. The van der Waals surface area contributed by atoms with E-state index in [2.05, 4.69) is 40.7 Å². The summed E-state index contributed by atoms with van der Waals surface area (Å²) in [4.78, 5) is 18.2. The number of morpholine rings is 1. The molecule has 2 heterocycles. The topological polar surface area (TPSA) is 44.8 Å². The van der Waals surface area contributed by atoms with Crippen molar-refractivity contribution in [2.24, 2.45) is 0 Å². The SMILES string of the molecule is Cc1ccc(NC(=O)N(C)C[C@H](c2cccs2)N2CCOCC2)c(C)c1. The Morgan fingerprint density at radius 1 is 1.31 bits per heavy atom. The number of nitrogens with zero attached hydrogens (tertiary/aromatic N) is 2. The minimum absolute atomic E-state index is 0.0771. The maximum absolute atomic E-state index is 12.7. The predicted molar refractivity (Wildman–Crippen MR) is 107 cm³/mol. The zero-order valence-electron chi connectivity index (χ0n) is 15.7. The third kappa shape index (κ3) is 4.63. The summed E-state index contributed by atoms with van der Waals surface area (Å²) in [6, 6.07) is 10.4. The number of anilines is 1. The molecule has 0 unspecified atom stereocenters. The second-order valence-corrected chi connectivity index (χ2v) is 7.79. The number of ether oxygens (including phenoxy) is 1. The number of likely N-dealkylation sites (N-methyl/N-ethyl adjacent to an activating group) is 1. The van der Waals surface area contributed by atoms with Crippen LogP contribution in [-0.4, -0.2) is 55.7 Å². The van der Waals surface area contributed by atoms with Gasteiger partial charge in [0.2, 0.25) is 0 Å². The van der Waals surface area contributed by atoms with Gasteiger partial charge in [0.05, 0.1) is 19.3 Å². The van der Waals surface area contributed by atoms with Gasteiger partial charge in [-0.25, -0.2) is 4.79 Å². The van der Waals surface area contributed by atoms with Crippen LogP contribution in [0.5, 0.6) is 0 Å². The van der Waals surface area contributed by atoms with Gasteiger partial charge < -0.3 is 15.0 Å². The van der Waals surface area contributed by atoms with Crippen LogP contribution in [0.2, 0.25) is 0 Å². The van der Waals surface area contributed by atoms with E-state index >= 15 is 0 Å². The fourth-order valence-corrected chi connectivity index (χ4v) is 4.11. The summed E-state index contributed by atoms with van der Waals surface area (Å²) in [6.07, 6.45) is 0. The average Bonchev–Trinajstić information content (AvgIpc) is 3.17. The molecule has 1 N–H and O–H groups in total. The van der Waals surface area contributed by atoms with E-state index in [-0.39, 0.29) is 12.1 Å². The van der Waals surface area contributed by atoms with Crippen LogP contribution < -0.4 is 5.32 Å². The van der Waals surface area contributed by atoms with E-state index in [1.54, 1.807) is 16.2 Å². The number of thiophene rings is 1. The molecule has 140 valence electrons. The van der Waals surface area contributed by atoms with Crippen molar-refractivity contribution in [3.63, 3.8) is 0 Å². The van der Waals surface area contributed by atoms with Gasteiger partial charge in [0.1, 0.15) is 0 Å². The van der Waals surface area contributed by atoms with E-state index < -0.39 is 0 Å². The van der Waals surface area contributed by atoms with E-state index in [0.29, 0.717) is 6.54 Å². The van der Waals surface area contributed by atoms with Crippen LogP contribution in [0.3, 0.4) is 0 Å². The molecule has 0 spiro atoms. The fourth-order valence-electron chi connectivity index (χ4n) is 3.26. The molecule has 0 saturated carbocycles. The average molecular weight is 374 g/mol. The molecule has 1 aliphatic heterocycles. The van der Waals surface area contributed by atoms with Crippen molar-refractivity contribution in [1.29, 1.82) is 0 Å². The third-order valence-corrected chi connectivity index (χ3v) is 5.75. The number of urea groups is 1. The molecule has 26 heavy (non-hydrogen) atoms. The summed E-state index contributed by atoms with van der Waals surface area (Å²) in [5, 5.41) is 5.13. The van der Waals surface area contributed by atoms with Gasteiger partial charge in [0, 0.05) is 37.2 Å². The first-order valence-electron chi connectivity index (χ1n) is 8.99. The highest BCUT2D eigenvalue weighted by molar-refractivity contribution is 7.10. The maximum Gasteiger partial charge on any atom is 0.321 e. The van der Waals surface area contributed by atoms with Crippen LogP contribution in [0, 0.1) is 13.8 Å². The lowest BCUT2D eigenvalue weighted by Crippen LogP contribution is -2.44. The van der Waals surface area contributed by atoms with Gasteiger partial charge in [-0.1, -0.05) is 23.8 Å². The Balaban J connectivity index is 1.68. The first kappa shape index (κ1) is 18.9. The first-order valence-corrected chi connectivity index (χ1v) is 9.87. The van der Waals surface area contributed by atoms with Crippen molar-refractivity contribution in [3.05, 3.63) is 51.7 Å². The number of amides is 2. The van der Waals surface area contributed by atoms with Crippen LogP contribution in [0.4, 0.5) is 10.5 Å². The molecule has 2 aromatic rings. The van der Waals surface area contributed by atoms with Crippen molar-refractivity contribution in [2.75, 3.05) is 45.2 Å². The monoisotopic (exact) mass is 373 g/mol. The Labute approximate surface area is 159 Å². The maximum atomic E-state index is 12.7. The molecule has 0 bridgehead atoms. The summed E-state index contributed by atoms with van der Waals surface area (Å²) < 4.78 is 5.49. The lowest BCUT2D eigenvalue weighted by atomic mass is 10.1. The Hall–Kier alpha value is -1.89.